The summed E-state index contributed by atoms with van der Waals surface area (Å²) in [5.41, 5.74) is 0. The number of carbonyl (C=O) groups excluding carboxylic acids is 1. The van der Waals surface area contributed by atoms with Crippen molar-refractivity contribution in [2.45, 2.75) is 321 Å². The van der Waals surface area contributed by atoms with Gasteiger partial charge in [0, 0.05) is 6.42 Å². The first kappa shape index (κ1) is 74.2. The summed E-state index contributed by atoms with van der Waals surface area (Å²) in [6.45, 7) is 4.65. The van der Waals surface area contributed by atoms with Gasteiger partial charge in [-0.1, -0.05) is 286 Å². The van der Waals surface area contributed by atoms with Gasteiger partial charge in [-0.3, -0.25) is 9.36 Å². The van der Waals surface area contributed by atoms with Crippen LogP contribution in [0.4, 0.5) is 0 Å². The van der Waals surface area contributed by atoms with Crippen LogP contribution < -0.4 is 10.2 Å². The van der Waals surface area contributed by atoms with Crippen LogP contribution in [-0.4, -0.2) is 68.5 Å². The predicted octanol–water partition coefficient (Wildman–Crippen LogP) is 19.8. The van der Waals surface area contributed by atoms with E-state index in [0.29, 0.717) is 17.4 Å². The number of likely N-dealkylation sites (N-methyl/N-ethyl adjacent to an activating group) is 1. The molecule has 0 bridgehead atoms. The number of nitrogens with one attached hydrogen (secondary N) is 1. The van der Waals surface area contributed by atoms with Crippen molar-refractivity contribution in [1.82, 2.24) is 5.32 Å². The van der Waals surface area contributed by atoms with E-state index in [2.05, 4.69) is 67.8 Å². The summed E-state index contributed by atoms with van der Waals surface area (Å²) >= 11 is 0. The zero-order chi connectivity index (χ0) is 55.6. The lowest BCUT2D eigenvalue weighted by Crippen LogP contribution is -2.45. The number of hydrogen-bond acceptors (Lipinski definition) is 6. The number of amides is 1. The number of phosphoric acid groups is 1. The fraction of sp³-hybridized carbons (Fsp3) is 0.836. The van der Waals surface area contributed by atoms with Gasteiger partial charge in [0.2, 0.25) is 5.91 Å². The van der Waals surface area contributed by atoms with E-state index in [0.717, 1.165) is 51.4 Å². The van der Waals surface area contributed by atoms with Gasteiger partial charge in [-0.05, 0) is 77.0 Å². The fourth-order valence-electron chi connectivity index (χ4n) is 9.57. The van der Waals surface area contributed by atoms with Gasteiger partial charge in [0.05, 0.1) is 39.9 Å². The average Bonchev–Trinajstić information content (AvgIpc) is 3.38. The van der Waals surface area contributed by atoms with E-state index in [1.807, 2.05) is 27.2 Å². The lowest BCUT2D eigenvalue weighted by molar-refractivity contribution is -0.870. The monoisotopic (exact) mass is 1090 g/mol. The summed E-state index contributed by atoms with van der Waals surface area (Å²) in [6.07, 6.45) is 79.1. The highest BCUT2D eigenvalue weighted by Gasteiger charge is 2.23. The molecule has 0 aromatic carbocycles. The van der Waals surface area contributed by atoms with Crippen molar-refractivity contribution in [2.24, 2.45) is 0 Å². The van der Waals surface area contributed by atoms with Crippen LogP contribution in [0.3, 0.4) is 0 Å². The van der Waals surface area contributed by atoms with Crippen molar-refractivity contribution < 1.29 is 32.9 Å². The van der Waals surface area contributed by atoms with Crippen molar-refractivity contribution in [2.75, 3.05) is 40.9 Å². The maximum atomic E-state index is 13.0. The highest BCUT2D eigenvalue weighted by Crippen LogP contribution is 2.38. The number of aliphatic hydroxyl groups excluding tert-OH is 1. The first-order chi connectivity index (χ1) is 37.0. The Balaban J connectivity index is 4.07. The first-order valence-corrected chi connectivity index (χ1v) is 34.1. The van der Waals surface area contributed by atoms with Gasteiger partial charge in [0.15, 0.2) is 0 Å². The molecular formula is C67H127N2O6P. The Bertz CT molecular complexity index is 1420. The van der Waals surface area contributed by atoms with Gasteiger partial charge in [-0.15, -0.1) is 0 Å². The molecule has 0 saturated carbocycles. The molecule has 0 saturated heterocycles. The molecule has 0 aliphatic rings. The summed E-state index contributed by atoms with van der Waals surface area (Å²) in [5, 5.41) is 13.9. The maximum Gasteiger partial charge on any atom is 0.268 e. The minimum Gasteiger partial charge on any atom is -0.756 e. The molecule has 0 aromatic rings. The lowest BCUT2D eigenvalue weighted by Gasteiger charge is -2.29. The normalized spacial score (nSPS) is 14.1. The Morgan fingerprint density at radius 2 is 0.776 bits per heavy atom. The molecular weight excluding hydrogens is 960 g/mol. The number of hydrogen-bond donors (Lipinski definition) is 2. The summed E-state index contributed by atoms with van der Waals surface area (Å²) in [4.78, 5) is 25.5. The van der Waals surface area contributed by atoms with Crippen LogP contribution in [0.25, 0.3) is 0 Å². The zero-order valence-corrected chi connectivity index (χ0v) is 51.9. The molecule has 0 spiro atoms. The lowest BCUT2D eigenvalue weighted by atomic mass is 10.0. The third-order valence-electron chi connectivity index (χ3n) is 14.7. The van der Waals surface area contributed by atoms with Crippen LogP contribution in [-0.2, 0) is 18.4 Å². The number of quaternary nitrogens is 1. The molecule has 3 atom stereocenters. The van der Waals surface area contributed by atoms with Gasteiger partial charge in [0.25, 0.3) is 7.82 Å². The summed E-state index contributed by atoms with van der Waals surface area (Å²) in [5.74, 6) is -0.209. The number of unbranched alkanes of at least 4 members (excludes halogenated alkanes) is 39. The Morgan fingerprint density at radius 3 is 1.14 bits per heavy atom. The van der Waals surface area contributed by atoms with Gasteiger partial charge in [-0.25, -0.2) is 0 Å². The number of phosphoric ester groups is 1. The minimum atomic E-state index is -4.61. The molecule has 0 aliphatic carbocycles. The zero-order valence-electron chi connectivity index (χ0n) is 51.0. The SMILES string of the molecule is CCCCCCCCCCC/C=C/CC/C=C/CC/C=C/C(O)C(COP(=O)([O-])OCC[N+](C)(C)C)NC(=O)CCCCCCCCCCCCCCCCCCC/C=C\C/C=C\CCCCCCCCCCCCC. The van der Waals surface area contributed by atoms with Gasteiger partial charge in [-0.2, -0.15) is 0 Å². The summed E-state index contributed by atoms with van der Waals surface area (Å²) < 4.78 is 23.4. The molecule has 0 aliphatic heterocycles. The number of rotatable bonds is 60. The summed E-state index contributed by atoms with van der Waals surface area (Å²) in [6, 6.07) is -0.912. The van der Waals surface area contributed by atoms with Crippen molar-refractivity contribution in [3.8, 4) is 0 Å². The number of aliphatic hydroxyl groups is 1. The van der Waals surface area contributed by atoms with Crippen LogP contribution in [0.1, 0.15) is 309 Å². The second-order valence-corrected chi connectivity index (χ2v) is 24.9. The fourth-order valence-corrected chi connectivity index (χ4v) is 10.3. The molecule has 3 unspecified atom stereocenters. The molecule has 0 rings (SSSR count). The van der Waals surface area contributed by atoms with Gasteiger partial charge >= 0.3 is 0 Å². The molecule has 2 N–H and O–H groups in total. The number of allylic oxidation sites excluding steroid dienone is 9. The molecule has 446 valence electrons. The van der Waals surface area contributed by atoms with Crippen molar-refractivity contribution in [3.05, 3.63) is 60.8 Å². The van der Waals surface area contributed by atoms with Crippen LogP contribution in [0.15, 0.2) is 60.8 Å². The Morgan fingerprint density at radius 1 is 0.461 bits per heavy atom. The van der Waals surface area contributed by atoms with E-state index >= 15 is 0 Å². The molecule has 76 heavy (non-hydrogen) atoms. The smallest absolute Gasteiger partial charge is 0.268 e. The maximum absolute atomic E-state index is 13.0. The highest BCUT2D eigenvalue weighted by molar-refractivity contribution is 7.45. The van der Waals surface area contributed by atoms with Crippen LogP contribution >= 0.6 is 7.82 Å². The molecule has 1 amide bonds. The topological polar surface area (TPSA) is 108 Å². The second-order valence-electron chi connectivity index (χ2n) is 23.4. The van der Waals surface area contributed by atoms with Crippen LogP contribution in [0.5, 0.6) is 0 Å². The van der Waals surface area contributed by atoms with Crippen molar-refractivity contribution in [3.63, 3.8) is 0 Å². The third kappa shape index (κ3) is 59.9. The van der Waals surface area contributed by atoms with Crippen LogP contribution in [0, 0.1) is 0 Å². The minimum absolute atomic E-state index is 0.00951. The standard InChI is InChI=1S/C67H127N2O6P/c1-6-8-10-12-14-16-18-20-22-24-26-27-28-29-30-31-32-33-34-35-36-37-38-39-40-41-43-45-47-49-51-53-55-57-59-61-67(71)68-65(64-75-76(72,73)74-63-62-69(3,4)5)66(70)60-58-56-54-52-50-48-46-44-42-25-23-21-19-17-15-13-11-9-7-2/h28-29,31-32,42,44,50,52,58,60,65-66,70H,6-27,30,33-41,43,45-49,51,53-57,59,61-64H2,1-5H3,(H-,68,71,72,73)/b29-28-,32-31-,44-42+,52-50+,60-58+. The van der Waals surface area contributed by atoms with E-state index < -0.39 is 26.6 Å². The molecule has 9 heteroatoms. The quantitative estimate of drug-likeness (QED) is 0.0272. The molecule has 8 nitrogen and oxygen atoms in total. The Kier molecular flexibility index (Phi) is 56.5. The van der Waals surface area contributed by atoms with E-state index in [4.69, 9.17) is 9.05 Å². The number of nitrogens with zero attached hydrogens (tertiary/aromatic N) is 1. The van der Waals surface area contributed by atoms with Gasteiger partial charge < -0.3 is 28.8 Å². The Hall–Kier alpha value is -1.80. The molecule has 0 heterocycles. The predicted molar refractivity (Wildman–Crippen MR) is 330 cm³/mol. The van der Waals surface area contributed by atoms with E-state index in [1.54, 1.807) is 6.08 Å². The first-order valence-electron chi connectivity index (χ1n) is 32.7. The Labute approximate surface area is 472 Å². The van der Waals surface area contributed by atoms with E-state index in [1.165, 1.54) is 238 Å². The summed E-state index contributed by atoms with van der Waals surface area (Å²) in [7, 11) is 1.24. The van der Waals surface area contributed by atoms with Crippen molar-refractivity contribution >= 4 is 13.7 Å². The van der Waals surface area contributed by atoms with E-state index in [-0.39, 0.29) is 12.5 Å². The van der Waals surface area contributed by atoms with Crippen molar-refractivity contribution in [1.29, 1.82) is 0 Å². The highest BCUT2D eigenvalue weighted by atomic mass is 31.2. The largest absolute Gasteiger partial charge is 0.756 e. The average molecular weight is 1090 g/mol. The second kappa shape index (κ2) is 57.9. The molecule has 0 aromatic heterocycles. The molecule has 0 fully saturated rings. The van der Waals surface area contributed by atoms with Crippen LogP contribution in [0.2, 0.25) is 0 Å². The van der Waals surface area contributed by atoms with Gasteiger partial charge in [0.1, 0.15) is 13.2 Å². The number of carbonyl (C=O) groups is 1. The molecule has 0 radical (unpaired) electrons. The van der Waals surface area contributed by atoms with E-state index in [9.17, 15) is 19.4 Å². The third-order valence-corrected chi connectivity index (χ3v) is 15.6.